The highest BCUT2D eigenvalue weighted by molar-refractivity contribution is 5.64. The van der Waals surface area contributed by atoms with E-state index >= 15 is 0 Å². The van der Waals surface area contributed by atoms with E-state index in [0.717, 1.165) is 35.1 Å². The van der Waals surface area contributed by atoms with Gasteiger partial charge in [-0.2, -0.15) is 0 Å². The maximum absolute atomic E-state index is 11.4. The molecule has 5 rings (SSSR count). The molecule has 0 amide bonds. The molecule has 0 aromatic heterocycles. The van der Waals surface area contributed by atoms with Crippen LogP contribution in [0.4, 0.5) is 11.4 Å². The summed E-state index contributed by atoms with van der Waals surface area (Å²) in [6.45, 7) is 6.34. The van der Waals surface area contributed by atoms with E-state index in [2.05, 4.69) is 20.8 Å². The van der Waals surface area contributed by atoms with Gasteiger partial charge in [0.1, 0.15) is 0 Å². The van der Waals surface area contributed by atoms with Crippen LogP contribution < -0.4 is 0 Å². The van der Waals surface area contributed by atoms with Crippen LogP contribution in [0, 0.1) is 25.6 Å². The van der Waals surface area contributed by atoms with Crippen molar-refractivity contribution < 1.29 is 9.85 Å². The number of hydrogen-bond donors (Lipinski definition) is 0. The molecule has 0 saturated carbocycles. The molecular formula is C20H20N2O4. The van der Waals surface area contributed by atoms with Crippen molar-refractivity contribution in [1.82, 2.24) is 0 Å². The Morgan fingerprint density at radius 2 is 1.38 bits per heavy atom. The summed E-state index contributed by atoms with van der Waals surface area (Å²) in [6, 6.07) is 10.3. The fourth-order valence-corrected chi connectivity index (χ4v) is 5.10. The minimum atomic E-state index is -0.468. The van der Waals surface area contributed by atoms with Crippen LogP contribution >= 0.6 is 0 Å². The Balaban J connectivity index is 2.08. The zero-order valence-electron chi connectivity index (χ0n) is 15.0. The summed E-state index contributed by atoms with van der Waals surface area (Å²) in [4.78, 5) is 22.0. The molecule has 6 nitrogen and oxygen atoms in total. The molecule has 0 aliphatic heterocycles. The van der Waals surface area contributed by atoms with Crippen molar-refractivity contribution in [3.05, 3.63) is 78.9 Å². The molecule has 0 N–H and O–H groups in total. The first-order chi connectivity index (χ1) is 12.2. The third-order valence-electron chi connectivity index (χ3n) is 6.25. The van der Waals surface area contributed by atoms with Crippen LogP contribution in [0.2, 0.25) is 0 Å². The predicted molar refractivity (Wildman–Crippen MR) is 97.5 cm³/mol. The summed E-state index contributed by atoms with van der Waals surface area (Å²) in [5.41, 5.74) is 3.61. The third kappa shape index (κ3) is 1.98. The summed E-state index contributed by atoms with van der Waals surface area (Å²) in [7, 11) is 0. The van der Waals surface area contributed by atoms with Gasteiger partial charge in [0.05, 0.1) is 9.85 Å². The van der Waals surface area contributed by atoms with Crippen LogP contribution in [0.3, 0.4) is 0 Å². The van der Waals surface area contributed by atoms with Crippen molar-refractivity contribution in [3.8, 4) is 0 Å². The Labute approximate surface area is 151 Å². The van der Waals surface area contributed by atoms with Crippen molar-refractivity contribution in [2.24, 2.45) is 5.41 Å². The number of nitro benzene ring substituents is 2. The van der Waals surface area contributed by atoms with Gasteiger partial charge in [0.25, 0.3) is 11.4 Å². The Morgan fingerprint density at radius 3 is 1.77 bits per heavy atom. The first-order valence-corrected chi connectivity index (χ1v) is 8.74. The average Bonchev–Trinajstić information content (AvgIpc) is 2.60. The normalized spacial score (nSPS) is 23.3. The van der Waals surface area contributed by atoms with E-state index in [1.807, 2.05) is 12.1 Å². The van der Waals surface area contributed by atoms with Crippen LogP contribution in [0.1, 0.15) is 61.8 Å². The molecule has 0 atom stereocenters. The zero-order chi connectivity index (χ0) is 18.9. The zero-order valence-corrected chi connectivity index (χ0v) is 15.0. The van der Waals surface area contributed by atoms with Crippen LogP contribution in [0.15, 0.2) is 36.4 Å². The topological polar surface area (TPSA) is 86.3 Å². The Kier molecular flexibility index (Phi) is 3.29. The van der Waals surface area contributed by atoms with Gasteiger partial charge < -0.3 is 0 Å². The highest BCUT2D eigenvalue weighted by atomic mass is 16.6. The average molecular weight is 352 g/mol. The molecule has 134 valence electrons. The van der Waals surface area contributed by atoms with E-state index in [9.17, 15) is 20.2 Å². The number of nitro groups is 2. The van der Waals surface area contributed by atoms with Crippen LogP contribution in [0.25, 0.3) is 0 Å². The molecule has 2 bridgehead atoms. The van der Waals surface area contributed by atoms with Gasteiger partial charge in [-0.1, -0.05) is 32.9 Å². The molecule has 0 saturated heterocycles. The van der Waals surface area contributed by atoms with E-state index in [-0.39, 0.29) is 32.6 Å². The van der Waals surface area contributed by atoms with Crippen molar-refractivity contribution in [2.75, 3.05) is 0 Å². The van der Waals surface area contributed by atoms with Crippen LogP contribution in [0.5, 0.6) is 0 Å². The van der Waals surface area contributed by atoms with Gasteiger partial charge in [-0.3, -0.25) is 20.2 Å². The summed E-state index contributed by atoms with van der Waals surface area (Å²) in [6.07, 6.45) is 1.79. The van der Waals surface area contributed by atoms with E-state index in [1.165, 1.54) is 0 Å². The van der Waals surface area contributed by atoms with Gasteiger partial charge in [-0.25, -0.2) is 0 Å². The van der Waals surface area contributed by atoms with E-state index in [1.54, 1.807) is 24.3 Å². The Hall–Kier alpha value is -2.76. The highest BCUT2D eigenvalue weighted by Gasteiger charge is 2.55. The lowest BCUT2D eigenvalue weighted by Gasteiger charge is -2.55. The molecular weight excluding hydrogens is 332 g/mol. The number of non-ortho nitro benzene ring substituents is 2. The van der Waals surface area contributed by atoms with E-state index in [0.29, 0.717) is 0 Å². The Bertz CT molecular complexity index is 893. The Morgan fingerprint density at radius 1 is 0.923 bits per heavy atom. The van der Waals surface area contributed by atoms with Gasteiger partial charge in [0.15, 0.2) is 0 Å². The molecule has 0 unspecified atom stereocenters. The van der Waals surface area contributed by atoms with E-state index < -0.39 is 5.41 Å². The standard InChI is InChI=1S/C20H20N2O4/c1-19(2,3)20-9-8-14(15-6-4-12(21(23)24)10-17(15)20)16-7-5-13(22(25)26)11-18(16)20/h4-7,10-11,14H,8-9H2,1-3H3. The third-order valence-corrected chi connectivity index (χ3v) is 6.25. The molecule has 0 heterocycles. The summed E-state index contributed by atoms with van der Waals surface area (Å²) >= 11 is 0. The second-order valence-corrected chi connectivity index (χ2v) is 8.30. The number of hydrogen-bond acceptors (Lipinski definition) is 4. The van der Waals surface area contributed by atoms with Crippen molar-refractivity contribution in [2.45, 2.75) is 44.9 Å². The first kappa shape index (κ1) is 16.7. The van der Waals surface area contributed by atoms with Gasteiger partial charge in [-0.15, -0.1) is 0 Å². The second-order valence-electron chi connectivity index (χ2n) is 8.30. The highest BCUT2D eigenvalue weighted by Crippen LogP contribution is 2.63. The lowest BCUT2D eigenvalue weighted by Crippen LogP contribution is -2.49. The fraction of sp³-hybridized carbons (Fsp3) is 0.400. The van der Waals surface area contributed by atoms with Crippen molar-refractivity contribution >= 4 is 11.4 Å². The smallest absolute Gasteiger partial charge is 0.258 e. The van der Waals surface area contributed by atoms with Gasteiger partial charge in [-0.05, 0) is 40.5 Å². The molecule has 2 aromatic carbocycles. The van der Waals surface area contributed by atoms with Gasteiger partial charge >= 0.3 is 0 Å². The molecule has 26 heavy (non-hydrogen) atoms. The molecule has 0 fully saturated rings. The maximum Gasteiger partial charge on any atom is 0.269 e. The summed E-state index contributed by atoms with van der Waals surface area (Å²) in [5, 5.41) is 22.7. The number of fused-ring (bicyclic) bond motifs is 1. The van der Waals surface area contributed by atoms with Crippen LogP contribution in [-0.4, -0.2) is 9.85 Å². The summed E-state index contributed by atoms with van der Waals surface area (Å²) in [5.74, 6) is 0.144. The summed E-state index contributed by atoms with van der Waals surface area (Å²) < 4.78 is 0. The quantitative estimate of drug-likeness (QED) is 0.557. The first-order valence-electron chi connectivity index (χ1n) is 8.74. The van der Waals surface area contributed by atoms with Gasteiger partial charge in [0.2, 0.25) is 0 Å². The van der Waals surface area contributed by atoms with Gasteiger partial charge in [0, 0.05) is 35.6 Å². The monoisotopic (exact) mass is 352 g/mol. The molecule has 6 heteroatoms. The lowest BCUT2D eigenvalue weighted by molar-refractivity contribution is -0.385. The minimum Gasteiger partial charge on any atom is -0.258 e. The van der Waals surface area contributed by atoms with E-state index in [4.69, 9.17) is 0 Å². The minimum absolute atomic E-state index is 0.0758. The maximum atomic E-state index is 11.4. The SMILES string of the molecule is CC(C)(C)C12CCC(c3ccc([N+](=O)[O-])cc31)c1ccc([N+](=O)[O-])cc12. The number of rotatable bonds is 2. The fourth-order valence-electron chi connectivity index (χ4n) is 5.10. The second kappa shape index (κ2) is 5.13. The number of benzene rings is 2. The molecule has 0 spiro atoms. The predicted octanol–water partition coefficient (Wildman–Crippen LogP) is 5.07. The van der Waals surface area contributed by atoms with Crippen molar-refractivity contribution in [3.63, 3.8) is 0 Å². The van der Waals surface area contributed by atoms with Crippen LogP contribution in [-0.2, 0) is 5.41 Å². The number of nitrogens with zero attached hydrogens (tertiary/aromatic N) is 2. The largest absolute Gasteiger partial charge is 0.269 e. The lowest BCUT2D eigenvalue weighted by atomic mass is 9.47. The molecule has 3 aliphatic carbocycles. The van der Waals surface area contributed by atoms with Crippen molar-refractivity contribution in [1.29, 1.82) is 0 Å². The molecule has 0 radical (unpaired) electrons. The molecule has 2 aromatic rings. The molecule has 3 aliphatic rings.